The SMILES string of the molecule is Cc1cccc(CCN(C)C(=O)CNC(C)C)c1. The van der Waals surface area contributed by atoms with Gasteiger partial charge >= 0.3 is 0 Å². The fraction of sp³-hybridized carbons (Fsp3) is 0.533. The van der Waals surface area contributed by atoms with Gasteiger partial charge in [0.25, 0.3) is 0 Å². The molecule has 0 aliphatic carbocycles. The lowest BCUT2D eigenvalue weighted by molar-refractivity contribution is -0.129. The predicted octanol–water partition coefficient (Wildman–Crippen LogP) is 1.99. The smallest absolute Gasteiger partial charge is 0.236 e. The van der Waals surface area contributed by atoms with Crippen molar-refractivity contribution in [3.05, 3.63) is 35.4 Å². The van der Waals surface area contributed by atoms with Gasteiger partial charge in [-0.1, -0.05) is 43.7 Å². The normalized spacial score (nSPS) is 10.7. The summed E-state index contributed by atoms with van der Waals surface area (Å²) in [4.78, 5) is 13.6. The summed E-state index contributed by atoms with van der Waals surface area (Å²) in [6, 6.07) is 8.78. The quantitative estimate of drug-likeness (QED) is 0.835. The molecule has 0 aliphatic rings. The van der Waals surface area contributed by atoms with Crippen molar-refractivity contribution in [3.63, 3.8) is 0 Å². The van der Waals surface area contributed by atoms with Crippen LogP contribution in [0.5, 0.6) is 0 Å². The van der Waals surface area contributed by atoms with Crippen LogP contribution in [0.3, 0.4) is 0 Å². The Kier molecular flexibility index (Phi) is 5.86. The second-order valence-corrected chi connectivity index (χ2v) is 5.09. The van der Waals surface area contributed by atoms with Crippen LogP contribution in [0.25, 0.3) is 0 Å². The van der Waals surface area contributed by atoms with Crippen LogP contribution in [0, 0.1) is 6.92 Å². The van der Waals surface area contributed by atoms with E-state index in [2.05, 4.69) is 36.5 Å². The number of aryl methyl sites for hydroxylation is 1. The van der Waals surface area contributed by atoms with Crippen molar-refractivity contribution < 1.29 is 4.79 Å². The van der Waals surface area contributed by atoms with Crippen LogP contribution in [0.1, 0.15) is 25.0 Å². The van der Waals surface area contributed by atoms with Crippen LogP contribution in [-0.2, 0) is 11.2 Å². The molecule has 0 fully saturated rings. The van der Waals surface area contributed by atoms with Gasteiger partial charge < -0.3 is 10.2 Å². The van der Waals surface area contributed by atoms with Gasteiger partial charge in [0.1, 0.15) is 0 Å². The number of nitrogens with zero attached hydrogens (tertiary/aromatic N) is 1. The highest BCUT2D eigenvalue weighted by molar-refractivity contribution is 5.77. The van der Waals surface area contributed by atoms with Crippen LogP contribution in [0.4, 0.5) is 0 Å². The lowest BCUT2D eigenvalue weighted by Crippen LogP contribution is -2.38. The Morgan fingerprint density at radius 3 is 2.72 bits per heavy atom. The third-order valence-electron chi connectivity index (χ3n) is 2.91. The second-order valence-electron chi connectivity index (χ2n) is 5.09. The summed E-state index contributed by atoms with van der Waals surface area (Å²) in [5, 5.41) is 3.14. The highest BCUT2D eigenvalue weighted by atomic mass is 16.2. The first-order chi connectivity index (χ1) is 8.49. The molecule has 0 atom stereocenters. The second kappa shape index (κ2) is 7.17. The average Bonchev–Trinajstić information content (AvgIpc) is 2.33. The van der Waals surface area contributed by atoms with Crippen molar-refractivity contribution >= 4 is 5.91 Å². The van der Waals surface area contributed by atoms with Crippen molar-refractivity contribution in [2.45, 2.75) is 33.2 Å². The predicted molar refractivity (Wildman–Crippen MR) is 75.7 cm³/mol. The maximum absolute atomic E-state index is 11.8. The molecule has 0 aliphatic heterocycles. The third-order valence-corrected chi connectivity index (χ3v) is 2.91. The zero-order valence-corrected chi connectivity index (χ0v) is 11.9. The van der Waals surface area contributed by atoms with E-state index in [1.807, 2.05) is 20.9 Å². The molecule has 0 spiro atoms. The van der Waals surface area contributed by atoms with Crippen LogP contribution in [-0.4, -0.2) is 37.0 Å². The molecule has 1 amide bonds. The maximum atomic E-state index is 11.8. The van der Waals surface area contributed by atoms with Gasteiger partial charge in [0, 0.05) is 19.6 Å². The van der Waals surface area contributed by atoms with Gasteiger partial charge in [-0.25, -0.2) is 0 Å². The zero-order valence-electron chi connectivity index (χ0n) is 11.9. The summed E-state index contributed by atoms with van der Waals surface area (Å²) in [6.45, 7) is 7.36. The fourth-order valence-corrected chi connectivity index (χ4v) is 1.72. The van der Waals surface area contributed by atoms with Crippen LogP contribution in [0.15, 0.2) is 24.3 Å². The first kappa shape index (κ1) is 14.7. The maximum Gasteiger partial charge on any atom is 0.236 e. The van der Waals surface area contributed by atoms with E-state index in [-0.39, 0.29) is 5.91 Å². The number of amides is 1. The number of nitrogens with one attached hydrogen (secondary N) is 1. The summed E-state index contributed by atoms with van der Waals surface area (Å²) in [7, 11) is 1.86. The molecule has 3 heteroatoms. The molecule has 0 aromatic heterocycles. The van der Waals surface area contributed by atoms with Gasteiger partial charge in [-0.3, -0.25) is 4.79 Å². The van der Waals surface area contributed by atoms with Gasteiger partial charge in [-0.2, -0.15) is 0 Å². The summed E-state index contributed by atoms with van der Waals surface area (Å²) in [6.07, 6.45) is 0.908. The standard InChI is InChI=1S/C15H24N2O/c1-12(2)16-11-15(18)17(4)9-8-14-7-5-6-13(3)10-14/h5-7,10,12,16H,8-9,11H2,1-4H3. The Morgan fingerprint density at radius 2 is 2.11 bits per heavy atom. The van der Waals surface area contributed by atoms with Crippen LogP contribution < -0.4 is 5.32 Å². The molecule has 1 aromatic rings. The molecule has 18 heavy (non-hydrogen) atoms. The lowest BCUT2D eigenvalue weighted by Gasteiger charge is -2.18. The molecule has 3 nitrogen and oxygen atoms in total. The van der Waals surface area contributed by atoms with E-state index in [1.54, 1.807) is 4.90 Å². The van der Waals surface area contributed by atoms with Gasteiger partial charge in [0.05, 0.1) is 6.54 Å². The molecule has 0 saturated carbocycles. The summed E-state index contributed by atoms with van der Waals surface area (Å²) in [5.41, 5.74) is 2.55. The Hall–Kier alpha value is -1.35. The third kappa shape index (κ3) is 5.32. The molecule has 0 saturated heterocycles. The number of hydrogen-bond acceptors (Lipinski definition) is 2. The molecule has 0 heterocycles. The van der Waals surface area contributed by atoms with Gasteiger partial charge in [-0.05, 0) is 18.9 Å². The van der Waals surface area contributed by atoms with Crippen molar-refractivity contribution in [2.75, 3.05) is 20.1 Å². The molecule has 1 aromatic carbocycles. The monoisotopic (exact) mass is 248 g/mol. The Balaban J connectivity index is 2.36. The number of rotatable bonds is 6. The van der Waals surface area contributed by atoms with Crippen molar-refractivity contribution in [2.24, 2.45) is 0 Å². The van der Waals surface area contributed by atoms with E-state index in [9.17, 15) is 4.79 Å². The molecule has 0 radical (unpaired) electrons. The topological polar surface area (TPSA) is 32.3 Å². The number of hydrogen-bond donors (Lipinski definition) is 1. The van der Waals surface area contributed by atoms with Crippen molar-refractivity contribution in [1.29, 1.82) is 0 Å². The minimum atomic E-state index is 0.149. The summed E-state index contributed by atoms with van der Waals surface area (Å²) >= 11 is 0. The Bertz CT molecular complexity index is 388. The molecule has 0 bridgehead atoms. The zero-order chi connectivity index (χ0) is 13.5. The molecule has 1 rings (SSSR count). The van der Waals surface area contributed by atoms with Crippen molar-refractivity contribution in [1.82, 2.24) is 10.2 Å². The highest BCUT2D eigenvalue weighted by Gasteiger charge is 2.08. The minimum Gasteiger partial charge on any atom is -0.344 e. The van der Waals surface area contributed by atoms with Gasteiger partial charge in [-0.15, -0.1) is 0 Å². The Morgan fingerprint density at radius 1 is 1.39 bits per heavy atom. The van der Waals surface area contributed by atoms with Gasteiger partial charge in [0.2, 0.25) is 5.91 Å². The molecular formula is C15H24N2O. The van der Waals surface area contributed by atoms with E-state index in [1.165, 1.54) is 11.1 Å². The highest BCUT2D eigenvalue weighted by Crippen LogP contribution is 2.05. The molecule has 0 unspecified atom stereocenters. The first-order valence-electron chi connectivity index (χ1n) is 6.52. The first-order valence-corrected chi connectivity index (χ1v) is 6.52. The Labute approximate surface area is 110 Å². The number of likely N-dealkylation sites (N-methyl/N-ethyl adjacent to an activating group) is 1. The largest absolute Gasteiger partial charge is 0.344 e. The van der Waals surface area contributed by atoms with Gasteiger partial charge in [0.15, 0.2) is 0 Å². The average molecular weight is 248 g/mol. The summed E-state index contributed by atoms with van der Waals surface area (Å²) < 4.78 is 0. The lowest BCUT2D eigenvalue weighted by atomic mass is 10.1. The van der Waals surface area contributed by atoms with Crippen molar-refractivity contribution in [3.8, 4) is 0 Å². The molecule has 100 valence electrons. The van der Waals surface area contributed by atoms with Crippen LogP contribution in [0.2, 0.25) is 0 Å². The minimum absolute atomic E-state index is 0.149. The fourth-order valence-electron chi connectivity index (χ4n) is 1.72. The molecule has 1 N–H and O–H groups in total. The molecular weight excluding hydrogens is 224 g/mol. The number of carbonyl (C=O) groups is 1. The van der Waals surface area contributed by atoms with Crippen LogP contribution >= 0.6 is 0 Å². The van der Waals surface area contributed by atoms with E-state index in [0.717, 1.165) is 13.0 Å². The van der Waals surface area contributed by atoms with E-state index >= 15 is 0 Å². The van der Waals surface area contributed by atoms with E-state index in [4.69, 9.17) is 0 Å². The van der Waals surface area contributed by atoms with E-state index < -0.39 is 0 Å². The number of carbonyl (C=O) groups excluding carboxylic acids is 1. The summed E-state index contributed by atoms with van der Waals surface area (Å²) in [5.74, 6) is 0.149. The number of benzene rings is 1. The van der Waals surface area contributed by atoms with E-state index in [0.29, 0.717) is 12.6 Å².